The van der Waals surface area contributed by atoms with Crippen LogP contribution in [0.15, 0.2) is 173 Å². The molecule has 1 N–H and O–H groups in total. The van der Waals surface area contributed by atoms with E-state index in [9.17, 15) is 0 Å². The van der Waals surface area contributed by atoms with Gasteiger partial charge in [-0.3, -0.25) is 0 Å². The highest BCUT2D eigenvalue weighted by molar-refractivity contribution is 6.08. The highest BCUT2D eigenvalue weighted by Crippen LogP contribution is 2.39. The van der Waals surface area contributed by atoms with Crippen LogP contribution in [-0.4, -0.2) is 0 Å². The maximum atomic E-state index is 6.39. The van der Waals surface area contributed by atoms with Crippen LogP contribution in [0.3, 0.4) is 0 Å². The molecule has 9 aromatic rings. The third-order valence-electron chi connectivity index (χ3n) is 8.61. The van der Waals surface area contributed by atoms with Gasteiger partial charge in [0.15, 0.2) is 0 Å². The van der Waals surface area contributed by atoms with E-state index < -0.39 is 0 Å². The Morgan fingerprint density at radius 3 is 1.76 bits per heavy atom. The molecule has 46 heavy (non-hydrogen) atoms. The minimum Gasteiger partial charge on any atom is -0.456 e. The lowest BCUT2D eigenvalue weighted by molar-refractivity contribution is 0.668. The predicted octanol–water partition coefficient (Wildman–Crippen LogP) is 12.4. The highest BCUT2D eigenvalue weighted by atomic mass is 16.3. The summed E-state index contributed by atoms with van der Waals surface area (Å²) in [5.74, 6) is 0. The molecule has 0 fully saturated rings. The molecule has 4 heteroatoms. The molecule has 0 aliphatic rings. The number of benzene rings is 7. The van der Waals surface area contributed by atoms with Crippen LogP contribution in [-0.2, 0) is 0 Å². The fourth-order valence-electron chi connectivity index (χ4n) is 6.43. The maximum Gasteiger partial charge on any atom is 0.137 e. The van der Waals surface area contributed by atoms with E-state index in [2.05, 4.69) is 138 Å². The van der Waals surface area contributed by atoms with Crippen molar-refractivity contribution >= 4 is 72.3 Å². The van der Waals surface area contributed by atoms with Crippen molar-refractivity contribution in [3.63, 3.8) is 0 Å². The van der Waals surface area contributed by atoms with Gasteiger partial charge in [-0.1, -0.05) is 72.8 Å². The largest absolute Gasteiger partial charge is 0.456 e. The van der Waals surface area contributed by atoms with Gasteiger partial charge in [-0.05, 0) is 96.1 Å². The molecule has 0 aliphatic carbocycles. The number of fused-ring (bicyclic) bond motifs is 6. The van der Waals surface area contributed by atoms with E-state index in [1.807, 2.05) is 36.4 Å². The number of nitrogens with zero attached hydrogens (tertiary/aromatic N) is 1. The van der Waals surface area contributed by atoms with E-state index in [0.29, 0.717) is 0 Å². The van der Waals surface area contributed by atoms with Crippen molar-refractivity contribution in [3.05, 3.63) is 164 Å². The Labute approximate surface area is 265 Å². The third-order valence-corrected chi connectivity index (χ3v) is 8.61. The van der Waals surface area contributed by atoms with Crippen LogP contribution in [0.25, 0.3) is 55.0 Å². The molecule has 0 spiro atoms. The van der Waals surface area contributed by atoms with E-state index in [-0.39, 0.29) is 0 Å². The van der Waals surface area contributed by atoms with E-state index >= 15 is 0 Å². The Balaban J connectivity index is 1.04. The average Bonchev–Trinajstić information content (AvgIpc) is 3.67. The Morgan fingerprint density at radius 1 is 0.348 bits per heavy atom. The standard InChI is InChI=1S/C42H28N2O2/c1-3-12-32(13-4-1)44(33-14-5-2-6-15-33)34-20-22-37-38-26-31(19-23-40(38)46-42(37)27-34)43-30-11-9-10-28(24-30)29-18-21-36-35-16-7-8-17-39(35)45-41(36)25-29/h1-27,43H. The van der Waals surface area contributed by atoms with E-state index in [1.165, 1.54) is 0 Å². The van der Waals surface area contributed by atoms with Crippen molar-refractivity contribution in [2.24, 2.45) is 0 Å². The average molecular weight is 593 g/mol. The van der Waals surface area contributed by atoms with Crippen LogP contribution in [0.5, 0.6) is 0 Å². The second-order valence-electron chi connectivity index (χ2n) is 11.5. The number of hydrogen-bond acceptors (Lipinski definition) is 4. The van der Waals surface area contributed by atoms with Crippen LogP contribution in [0.4, 0.5) is 28.4 Å². The molecule has 0 unspecified atom stereocenters. The molecule has 7 aromatic carbocycles. The summed E-state index contributed by atoms with van der Waals surface area (Å²) in [6, 6.07) is 56.7. The number of hydrogen-bond donors (Lipinski definition) is 1. The first-order valence-electron chi connectivity index (χ1n) is 15.4. The Kier molecular flexibility index (Phi) is 6.10. The Bertz CT molecular complexity index is 2470. The molecule has 2 heterocycles. The van der Waals surface area contributed by atoms with Crippen LogP contribution >= 0.6 is 0 Å². The quantitative estimate of drug-likeness (QED) is 0.209. The zero-order valence-corrected chi connectivity index (χ0v) is 24.9. The summed E-state index contributed by atoms with van der Waals surface area (Å²) >= 11 is 0. The lowest BCUT2D eigenvalue weighted by Gasteiger charge is -2.25. The summed E-state index contributed by atoms with van der Waals surface area (Å²) in [6.07, 6.45) is 0. The molecule has 2 aromatic heterocycles. The number of para-hydroxylation sites is 3. The van der Waals surface area contributed by atoms with E-state index in [0.717, 1.165) is 83.4 Å². The molecule has 218 valence electrons. The van der Waals surface area contributed by atoms with Gasteiger partial charge in [-0.2, -0.15) is 0 Å². The molecule has 0 atom stereocenters. The molecular weight excluding hydrogens is 564 g/mol. The summed E-state index contributed by atoms with van der Waals surface area (Å²) in [5.41, 5.74) is 11.0. The second-order valence-corrected chi connectivity index (χ2v) is 11.5. The summed E-state index contributed by atoms with van der Waals surface area (Å²) in [4.78, 5) is 2.25. The van der Waals surface area contributed by atoms with Crippen LogP contribution in [0.2, 0.25) is 0 Å². The van der Waals surface area contributed by atoms with Crippen molar-refractivity contribution in [2.75, 3.05) is 10.2 Å². The second kappa shape index (κ2) is 10.7. The summed E-state index contributed by atoms with van der Waals surface area (Å²) in [7, 11) is 0. The van der Waals surface area contributed by atoms with Gasteiger partial charge in [-0.15, -0.1) is 0 Å². The van der Waals surface area contributed by atoms with Gasteiger partial charge in [0.05, 0.1) is 0 Å². The zero-order chi connectivity index (χ0) is 30.5. The topological polar surface area (TPSA) is 41.6 Å². The first-order chi connectivity index (χ1) is 22.8. The predicted molar refractivity (Wildman–Crippen MR) is 191 cm³/mol. The molecule has 0 bridgehead atoms. The van der Waals surface area contributed by atoms with Gasteiger partial charge in [-0.25, -0.2) is 0 Å². The third kappa shape index (κ3) is 4.56. The Hall–Kier alpha value is -6.26. The Morgan fingerprint density at radius 2 is 0.957 bits per heavy atom. The van der Waals surface area contributed by atoms with Gasteiger partial charge in [0, 0.05) is 56.0 Å². The number of rotatable bonds is 6. The van der Waals surface area contributed by atoms with Crippen molar-refractivity contribution in [2.45, 2.75) is 0 Å². The molecule has 0 radical (unpaired) electrons. The minimum atomic E-state index is 0.851. The fraction of sp³-hybridized carbons (Fsp3) is 0. The SMILES string of the molecule is c1ccc(N(c2ccccc2)c2ccc3c(c2)oc2ccc(Nc4cccc(-c5ccc6c(c5)oc5ccccc56)c4)cc23)cc1. The molecular formula is C42H28N2O2. The molecule has 9 rings (SSSR count). The highest BCUT2D eigenvalue weighted by Gasteiger charge is 2.15. The van der Waals surface area contributed by atoms with Crippen LogP contribution < -0.4 is 10.2 Å². The van der Waals surface area contributed by atoms with Crippen molar-refractivity contribution < 1.29 is 8.83 Å². The normalized spacial score (nSPS) is 11.5. The van der Waals surface area contributed by atoms with Crippen LogP contribution in [0, 0.1) is 0 Å². The first kappa shape index (κ1) is 26.2. The molecule has 0 saturated carbocycles. The van der Waals surface area contributed by atoms with Gasteiger partial charge in [0.1, 0.15) is 22.3 Å². The van der Waals surface area contributed by atoms with Gasteiger partial charge in [0.25, 0.3) is 0 Å². The number of anilines is 5. The minimum absolute atomic E-state index is 0.851. The van der Waals surface area contributed by atoms with Crippen molar-refractivity contribution in [1.29, 1.82) is 0 Å². The molecule has 0 amide bonds. The van der Waals surface area contributed by atoms with Gasteiger partial charge >= 0.3 is 0 Å². The first-order valence-corrected chi connectivity index (χ1v) is 15.4. The summed E-state index contributed by atoms with van der Waals surface area (Å²) < 4.78 is 12.5. The van der Waals surface area contributed by atoms with E-state index in [4.69, 9.17) is 8.83 Å². The number of furan rings is 2. The molecule has 0 aliphatic heterocycles. The maximum absolute atomic E-state index is 6.39. The zero-order valence-electron chi connectivity index (χ0n) is 24.9. The van der Waals surface area contributed by atoms with Gasteiger partial charge in [0.2, 0.25) is 0 Å². The number of nitrogens with one attached hydrogen (secondary N) is 1. The van der Waals surface area contributed by atoms with Gasteiger partial charge < -0.3 is 19.1 Å². The summed E-state index contributed by atoms with van der Waals surface area (Å²) in [6.45, 7) is 0. The molecule has 0 saturated heterocycles. The lowest BCUT2D eigenvalue weighted by atomic mass is 10.0. The van der Waals surface area contributed by atoms with E-state index in [1.54, 1.807) is 0 Å². The lowest BCUT2D eigenvalue weighted by Crippen LogP contribution is -2.09. The molecule has 4 nitrogen and oxygen atoms in total. The van der Waals surface area contributed by atoms with Crippen LogP contribution in [0.1, 0.15) is 0 Å². The van der Waals surface area contributed by atoms with Crippen molar-refractivity contribution in [3.8, 4) is 11.1 Å². The summed E-state index contributed by atoms with van der Waals surface area (Å²) in [5, 5.41) is 8.05. The monoisotopic (exact) mass is 592 g/mol. The smallest absolute Gasteiger partial charge is 0.137 e. The van der Waals surface area contributed by atoms with Crippen molar-refractivity contribution in [1.82, 2.24) is 0 Å². The fourth-order valence-corrected chi connectivity index (χ4v) is 6.43.